The Kier molecular flexibility index (Phi) is 3.33. The molecule has 5 nitrogen and oxygen atoms in total. The fourth-order valence-electron chi connectivity index (χ4n) is 1.90. The van der Waals surface area contributed by atoms with Crippen molar-refractivity contribution < 1.29 is 14.4 Å². The molecular weight excluding hydrogens is 196 g/mol. The number of aliphatic hydroxyl groups excluding tert-OH is 1. The number of aliphatic hydroxyl groups is 1. The minimum absolute atomic E-state index is 0.0212. The van der Waals surface area contributed by atoms with Crippen LogP contribution in [0.5, 0.6) is 0 Å². The Morgan fingerprint density at radius 1 is 1.53 bits per heavy atom. The van der Waals surface area contributed by atoms with Gasteiger partial charge in [0, 0.05) is 6.61 Å². The Hall–Kier alpha value is -0.940. The molecule has 2 rings (SSSR count). The molecule has 0 aromatic carbocycles. The molecule has 1 aromatic rings. The van der Waals surface area contributed by atoms with Crippen LogP contribution in [0.25, 0.3) is 0 Å². The maximum Gasteiger partial charge on any atom is 0.232 e. The number of hydrogen-bond acceptors (Lipinski definition) is 5. The highest BCUT2D eigenvalue weighted by Crippen LogP contribution is 2.33. The third-order valence-corrected chi connectivity index (χ3v) is 2.72. The number of nitrogens with zero attached hydrogens (tertiary/aromatic N) is 2. The van der Waals surface area contributed by atoms with Crippen LogP contribution in [0.15, 0.2) is 4.52 Å². The number of hydrogen-bond donors (Lipinski definition) is 1. The van der Waals surface area contributed by atoms with E-state index >= 15 is 0 Å². The van der Waals surface area contributed by atoms with Crippen molar-refractivity contribution in [2.24, 2.45) is 0 Å². The summed E-state index contributed by atoms with van der Waals surface area (Å²) in [4.78, 5) is 4.22. The molecule has 2 atom stereocenters. The molecular formula is C10H16N2O3. The summed E-state index contributed by atoms with van der Waals surface area (Å²) in [5.74, 6) is 1.13. The quantitative estimate of drug-likeness (QED) is 0.813. The van der Waals surface area contributed by atoms with E-state index in [-0.39, 0.29) is 12.0 Å². The van der Waals surface area contributed by atoms with Crippen molar-refractivity contribution >= 4 is 0 Å². The standard InChI is InChI=1S/C10H16N2O3/c1-2-14-6-9-11-10(15-12-9)7-4-3-5-8(7)13/h7-8,13H,2-6H2,1H3. The van der Waals surface area contributed by atoms with E-state index in [0.717, 1.165) is 19.3 Å². The third-order valence-electron chi connectivity index (χ3n) is 2.72. The van der Waals surface area contributed by atoms with Gasteiger partial charge in [0.25, 0.3) is 0 Å². The first-order valence-corrected chi connectivity index (χ1v) is 5.39. The van der Waals surface area contributed by atoms with Gasteiger partial charge in [-0.2, -0.15) is 4.98 Å². The molecule has 0 amide bonds. The Morgan fingerprint density at radius 3 is 3.07 bits per heavy atom. The van der Waals surface area contributed by atoms with E-state index in [9.17, 15) is 5.11 Å². The van der Waals surface area contributed by atoms with Crippen molar-refractivity contribution in [2.45, 2.75) is 44.8 Å². The smallest absolute Gasteiger partial charge is 0.232 e. The molecule has 2 unspecified atom stereocenters. The Morgan fingerprint density at radius 2 is 2.40 bits per heavy atom. The normalized spacial score (nSPS) is 26.0. The largest absolute Gasteiger partial charge is 0.392 e. The van der Waals surface area contributed by atoms with Crippen molar-refractivity contribution in [3.8, 4) is 0 Å². The van der Waals surface area contributed by atoms with Crippen LogP contribution in [0.3, 0.4) is 0 Å². The van der Waals surface area contributed by atoms with Crippen molar-refractivity contribution in [3.63, 3.8) is 0 Å². The van der Waals surface area contributed by atoms with Gasteiger partial charge < -0.3 is 14.4 Å². The maximum atomic E-state index is 9.67. The first-order chi connectivity index (χ1) is 7.31. The SMILES string of the molecule is CCOCc1noc(C2CCCC2O)n1. The zero-order valence-corrected chi connectivity index (χ0v) is 8.85. The van der Waals surface area contributed by atoms with Crippen LogP contribution >= 0.6 is 0 Å². The second-order valence-corrected chi connectivity index (χ2v) is 3.79. The summed E-state index contributed by atoms with van der Waals surface area (Å²) in [5.41, 5.74) is 0. The van der Waals surface area contributed by atoms with E-state index < -0.39 is 0 Å². The van der Waals surface area contributed by atoms with Crippen LogP contribution in [0, 0.1) is 0 Å². The number of ether oxygens (including phenoxy) is 1. The van der Waals surface area contributed by atoms with Gasteiger partial charge in [-0.15, -0.1) is 0 Å². The minimum Gasteiger partial charge on any atom is -0.392 e. The zero-order valence-electron chi connectivity index (χ0n) is 8.85. The number of aromatic nitrogens is 2. The molecule has 1 aliphatic rings. The van der Waals surface area contributed by atoms with E-state index in [2.05, 4.69) is 10.1 Å². The second kappa shape index (κ2) is 4.72. The van der Waals surface area contributed by atoms with Gasteiger partial charge in [-0.25, -0.2) is 0 Å². The average molecular weight is 212 g/mol. The van der Waals surface area contributed by atoms with Gasteiger partial charge in [0.1, 0.15) is 6.61 Å². The van der Waals surface area contributed by atoms with E-state index in [1.54, 1.807) is 0 Å². The van der Waals surface area contributed by atoms with Crippen LogP contribution in [-0.4, -0.2) is 28.0 Å². The second-order valence-electron chi connectivity index (χ2n) is 3.79. The summed E-state index contributed by atoms with van der Waals surface area (Å²) in [6.45, 7) is 2.93. The summed E-state index contributed by atoms with van der Waals surface area (Å²) in [6, 6.07) is 0. The average Bonchev–Trinajstić information content (AvgIpc) is 2.83. The first kappa shape index (κ1) is 10.6. The van der Waals surface area contributed by atoms with Gasteiger partial charge in [0.05, 0.1) is 12.0 Å². The lowest BCUT2D eigenvalue weighted by molar-refractivity contribution is 0.126. The molecule has 0 spiro atoms. The van der Waals surface area contributed by atoms with Crippen molar-refractivity contribution in [2.75, 3.05) is 6.61 Å². The predicted octanol–water partition coefficient (Wildman–Crippen LogP) is 1.23. The monoisotopic (exact) mass is 212 g/mol. The van der Waals surface area contributed by atoms with E-state index in [1.807, 2.05) is 6.92 Å². The van der Waals surface area contributed by atoms with Gasteiger partial charge in [-0.1, -0.05) is 5.16 Å². The van der Waals surface area contributed by atoms with Crippen LogP contribution in [0.4, 0.5) is 0 Å². The van der Waals surface area contributed by atoms with Crippen LogP contribution in [-0.2, 0) is 11.3 Å². The van der Waals surface area contributed by atoms with Gasteiger partial charge in [0.15, 0.2) is 5.82 Å². The molecule has 15 heavy (non-hydrogen) atoms. The van der Waals surface area contributed by atoms with Gasteiger partial charge in [-0.3, -0.25) is 0 Å². The summed E-state index contributed by atoms with van der Waals surface area (Å²) >= 11 is 0. The maximum absolute atomic E-state index is 9.67. The molecule has 0 saturated heterocycles. The summed E-state index contributed by atoms with van der Waals surface area (Å²) < 4.78 is 10.3. The minimum atomic E-state index is -0.328. The molecule has 1 N–H and O–H groups in total. The molecule has 1 heterocycles. The van der Waals surface area contributed by atoms with Gasteiger partial charge >= 0.3 is 0 Å². The van der Waals surface area contributed by atoms with Crippen LogP contribution < -0.4 is 0 Å². The molecule has 1 saturated carbocycles. The molecule has 0 radical (unpaired) electrons. The van der Waals surface area contributed by atoms with Crippen LogP contribution in [0.1, 0.15) is 43.8 Å². The highest BCUT2D eigenvalue weighted by atomic mass is 16.5. The van der Waals surface area contributed by atoms with E-state index in [1.165, 1.54) is 0 Å². The van der Waals surface area contributed by atoms with Crippen molar-refractivity contribution in [1.29, 1.82) is 0 Å². The molecule has 1 aromatic heterocycles. The molecule has 0 bridgehead atoms. The summed E-state index contributed by atoms with van der Waals surface area (Å²) in [5, 5.41) is 13.5. The molecule has 1 fully saturated rings. The lowest BCUT2D eigenvalue weighted by atomic mass is 10.1. The Bertz CT molecular complexity index is 313. The number of rotatable bonds is 4. The third kappa shape index (κ3) is 2.35. The lowest BCUT2D eigenvalue weighted by Gasteiger charge is -2.07. The van der Waals surface area contributed by atoms with E-state index in [0.29, 0.717) is 24.9 Å². The highest BCUT2D eigenvalue weighted by Gasteiger charge is 2.31. The summed E-state index contributed by atoms with van der Waals surface area (Å²) in [7, 11) is 0. The molecule has 84 valence electrons. The Labute approximate surface area is 88.4 Å². The molecule has 1 aliphatic carbocycles. The summed E-state index contributed by atoms with van der Waals surface area (Å²) in [6.07, 6.45) is 2.45. The predicted molar refractivity (Wildman–Crippen MR) is 52.2 cm³/mol. The topological polar surface area (TPSA) is 68.4 Å². The highest BCUT2D eigenvalue weighted by molar-refractivity contribution is 4.99. The fraction of sp³-hybridized carbons (Fsp3) is 0.800. The van der Waals surface area contributed by atoms with Gasteiger partial charge in [-0.05, 0) is 26.2 Å². The fourth-order valence-corrected chi connectivity index (χ4v) is 1.90. The molecule has 5 heteroatoms. The van der Waals surface area contributed by atoms with Crippen LogP contribution in [0.2, 0.25) is 0 Å². The van der Waals surface area contributed by atoms with E-state index in [4.69, 9.17) is 9.26 Å². The lowest BCUT2D eigenvalue weighted by Crippen LogP contribution is -2.11. The molecule has 0 aliphatic heterocycles. The van der Waals surface area contributed by atoms with Crippen molar-refractivity contribution in [3.05, 3.63) is 11.7 Å². The first-order valence-electron chi connectivity index (χ1n) is 5.39. The zero-order chi connectivity index (χ0) is 10.7. The Balaban J connectivity index is 1.99. The van der Waals surface area contributed by atoms with Crippen molar-refractivity contribution in [1.82, 2.24) is 10.1 Å². The van der Waals surface area contributed by atoms with Gasteiger partial charge in [0.2, 0.25) is 5.89 Å².